The van der Waals surface area contributed by atoms with Crippen molar-refractivity contribution in [2.45, 2.75) is 24.3 Å². The average Bonchev–Trinajstić information content (AvgIpc) is 2.36. The van der Waals surface area contributed by atoms with E-state index in [0.29, 0.717) is 5.16 Å². The van der Waals surface area contributed by atoms with Gasteiger partial charge in [-0.25, -0.2) is 4.98 Å². The molecule has 2 aromatic rings. The van der Waals surface area contributed by atoms with Crippen LogP contribution in [0.5, 0.6) is 0 Å². The Bertz CT molecular complexity index is 598. The quantitative estimate of drug-likeness (QED) is 0.690. The van der Waals surface area contributed by atoms with Crippen molar-refractivity contribution in [3.63, 3.8) is 0 Å². The number of hydrogen-bond acceptors (Lipinski definition) is 3. The molecule has 0 fully saturated rings. The molecule has 0 aliphatic heterocycles. The lowest BCUT2D eigenvalue weighted by Gasteiger charge is -2.03. The number of benzene rings is 1. The van der Waals surface area contributed by atoms with Crippen LogP contribution < -0.4 is 5.56 Å². The van der Waals surface area contributed by atoms with Crippen molar-refractivity contribution in [3.8, 4) is 0 Å². The molecule has 5 heteroatoms. The molecule has 94 valence electrons. The fraction of sp³-hybridized carbons (Fsp3) is 0.231. The third kappa shape index (κ3) is 3.62. The van der Waals surface area contributed by atoms with Gasteiger partial charge in [-0.2, -0.15) is 0 Å². The van der Waals surface area contributed by atoms with E-state index in [0.717, 1.165) is 28.5 Å². The zero-order valence-corrected chi connectivity index (χ0v) is 11.5. The van der Waals surface area contributed by atoms with Crippen LogP contribution in [0, 0.1) is 0 Å². The van der Waals surface area contributed by atoms with Gasteiger partial charge in [0, 0.05) is 22.5 Å². The Labute approximate surface area is 115 Å². The number of hydrogen-bond donors (Lipinski definition) is 1. The second kappa shape index (κ2) is 6.07. The first-order valence-electron chi connectivity index (χ1n) is 5.65. The number of rotatable bonds is 4. The minimum Gasteiger partial charge on any atom is -0.301 e. The van der Waals surface area contributed by atoms with Crippen molar-refractivity contribution in [1.29, 1.82) is 0 Å². The van der Waals surface area contributed by atoms with E-state index in [-0.39, 0.29) is 5.56 Å². The van der Waals surface area contributed by atoms with Crippen LogP contribution in [0.4, 0.5) is 0 Å². The van der Waals surface area contributed by atoms with Gasteiger partial charge in [0.15, 0.2) is 5.16 Å². The molecule has 0 unspecified atom stereocenters. The van der Waals surface area contributed by atoms with Gasteiger partial charge >= 0.3 is 0 Å². The summed E-state index contributed by atoms with van der Waals surface area (Å²) >= 11 is 7.42. The Morgan fingerprint density at radius 1 is 1.39 bits per heavy atom. The summed E-state index contributed by atoms with van der Waals surface area (Å²) in [6, 6.07) is 9.20. The molecule has 0 aliphatic carbocycles. The van der Waals surface area contributed by atoms with Gasteiger partial charge in [0.2, 0.25) is 0 Å². The van der Waals surface area contributed by atoms with Crippen LogP contribution in [0.2, 0.25) is 5.02 Å². The fourth-order valence-corrected chi connectivity index (χ4v) is 2.56. The number of H-pyrrole nitrogens is 1. The Hall–Kier alpha value is -1.26. The molecule has 1 aromatic carbocycles. The lowest BCUT2D eigenvalue weighted by atomic mass is 10.2. The Morgan fingerprint density at radius 3 is 2.94 bits per heavy atom. The second-order valence-electron chi connectivity index (χ2n) is 3.81. The molecule has 18 heavy (non-hydrogen) atoms. The zero-order valence-electron chi connectivity index (χ0n) is 9.94. The van der Waals surface area contributed by atoms with Gasteiger partial charge in [0.25, 0.3) is 5.56 Å². The number of thioether (sulfide) groups is 1. The molecule has 0 radical (unpaired) electrons. The maximum absolute atomic E-state index is 11.4. The first-order chi connectivity index (χ1) is 8.67. The van der Waals surface area contributed by atoms with Gasteiger partial charge in [-0.1, -0.05) is 42.4 Å². The highest BCUT2D eigenvalue weighted by atomic mass is 35.5. The normalized spacial score (nSPS) is 10.6. The maximum Gasteiger partial charge on any atom is 0.251 e. The Morgan fingerprint density at radius 2 is 2.22 bits per heavy atom. The lowest BCUT2D eigenvalue weighted by Crippen LogP contribution is -2.09. The molecule has 2 rings (SSSR count). The van der Waals surface area contributed by atoms with Gasteiger partial charge < -0.3 is 4.98 Å². The predicted molar refractivity (Wildman–Crippen MR) is 75.2 cm³/mol. The van der Waals surface area contributed by atoms with Crippen molar-refractivity contribution in [1.82, 2.24) is 9.97 Å². The molecule has 0 spiro atoms. The maximum atomic E-state index is 11.4. The topological polar surface area (TPSA) is 45.8 Å². The predicted octanol–water partition coefficient (Wildman–Crippen LogP) is 3.28. The molecule has 0 saturated carbocycles. The Balaban J connectivity index is 2.10. The van der Waals surface area contributed by atoms with Crippen molar-refractivity contribution in [2.24, 2.45) is 0 Å². The molecular weight excluding hydrogens is 268 g/mol. The van der Waals surface area contributed by atoms with Crippen molar-refractivity contribution in [2.75, 3.05) is 0 Å². The number of nitrogens with zero attached hydrogens (tertiary/aromatic N) is 1. The molecule has 1 aromatic heterocycles. The van der Waals surface area contributed by atoms with E-state index in [1.54, 1.807) is 0 Å². The summed E-state index contributed by atoms with van der Waals surface area (Å²) in [6.07, 6.45) is 0.759. The van der Waals surface area contributed by atoms with Crippen LogP contribution in [0.3, 0.4) is 0 Å². The lowest BCUT2D eigenvalue weighted by molar-refractivity contribution is 0.868. The third-order valence-electron chi connectivity index (χ3n) is 2.40. The van der Waals surface area contributed by atoms with E-state index in [9.17, 15) is 4.79 Å². The molecule has 1 heterocycles. The average molecular weight is 281 g/mol. The SMILES string of the molecule is CCc1cc(=O)[nH]c(SCc2cccc(Cl)c2)n1. The van der Waals surface area contributed by atoms with Gasteiger partial charge in [0.1, 0.15) is 0 Å². The number of nitrogens with one attached hydrogen (secondary N) is 1. The highest BCUT2D eigenvalue weighted by Crippen LogP contribution is 2.20. The molecule has 0 aliphatic rings. The molecular formula is C13H13ClN2OS. The summed E-state index contributed by atoms with van der Waals surface area (Å²) in [6.45, 7) is 1.98. The largest absolute Gasteiger partial charge is 0.301 e. The molecule has 1 N–H and O–H groups in total. The van der Waals surface area contributed by atoms with E-state index >= 15 is 0 Å². The zero-order chi connectivity index (χ0) is 13.0. The third-order valence-corrected chi connectivity index (χ3v) is 3.58. The minimum absolute atomic E-state index is 0.101. The van der Waals surface area contributed by atoms with Gasteiger partial charge in [-0.3, -0.25) is 4.79 Å². The number of halogens is 1. The van der Waals surface area contributed by atoms with E-state index in [1.807, 2.05) is 31.2 Å². The molecule has 0 atom stereocenters. The number of aromatic nitrogens is 2. The summed E-state index contributed by atoms with van der Waals surface area (Å²) in [4.78, 5) is 18.5. The smallest absolute Gasteiger partial charge is 0.251 e. The van der Waals surface area contributed by atoms with E-state index < -0.39 is 0 Å². The number of aryl methyl sites for hydroxylation is 1. The molecule has 3 nitrogen and oxygen atoms in total. The second-order valence-corrected chi connectivity index (χ2v) is 5.21. The summed E-state index contributed by atoms with van der Waals surface area (Å²) in [5, 5.41) is 1.37. The fourth-order valence-electron chi connectivity index (χ4n) is 1.51. The molecule has 0 bridgehead atoms. The highest BCUT2D eigenvalue weighted by molar-refractivity contribution is 7.98. The summed E-state index contributed by atoms with van der Waals surface area (Å²) in [7, 11) is 0. The van der Waals surface area contributed by atoms with Crippen LogP contribution in [0.15, 0.2) is 40.3 Å². The Kier molecular flexibility index (Phi) is 4.44. The summed E-state index contributed by atoms with van der Waals surface area (Å²) in [5.74, 6) is 0.733. The highest BCUT2D eigenvalue weighted by Gasteiger charge is 2.02. The van der Waals surface area contributed by atoms with Crippen LogP contribution in [0.1, 0.15) is 18.2 Å². The van der Waals surface area contributed by atoms with Crippen molar-refractivity contribution in [3.05, 3.63) is 57.0 Å². The standard InChI is InChI=1S/C13H13ClN2OS/c1-2-11-7-12(17)16-13(15-11)18-8-9-4-3-5-10(14)6-9/h3-7H,2,8H2,1H3,(H,15,16,17). The van der Waals surface area contributed by atoms with Crippen LogP contribution in [-0.4, -0.2) is 9.97 Å². The molecule has 0 amide bonds. The van der Waals surface area contributed by atoms with Crippen molar-refractivity contribution >= 4 is 23.4 Å². The van der Waals surface area contributed by atoms with E-state index in [2.05, 4.69) is 9.97 Å². The van der Waals surface area contributed by atoms with Crippen LogP contribution in [0.25, 0.3) is 0 Å². The van der Waals surface area contributed by atoms with Crippen molar-refractivity contribution < 1.29 is 0 Å². The first-order valence-corrected chi connectivity index (χ1v) is 7.01. The molecule has 0 saturated heterocycles. The van der Waals surface area contributed by atoms with E-state index in [1.165, 1.54) is 17.8 Å². The first kappa shape index (κ1) is 13.2. The van der Waals surface area contributed by atoms with Crippen LogP contribution in [-0.2, 0) is 12.2 Å². The minimum atomic E-state index is -0.101. The number of aromatic amines is 1. The van der Waals surface area contributed by atoms with E-state index in [4.69, 9.17) is 11.6 Å². The van der Waals surface area contributed by atoms with Gasteiger partial charge in [-0.15, -0.1) is 0 Å². The van der Waals surface area contributed by atoms with Gasteiger partial charge in [0.05, 0.1) is 0 Å². The monoisotopic (exact) mass is 280 g/mol. The van der Waals surface area contributed by atoms with Crippen LogP contribution >= 0.6 is 23.4 Å². The summed E-state index contributed by atoms with van der Waals surface area (Å²) in [5.41, 5.74) is 1.82. The summed E-state index contributed by atoms with van der Waals surface area (Å²) < 4.78 is 0. The van der Waals surface area contributed by atoms with Gasteiger partial charge in [-0.05, 0) is 24.1 Å².